The first-order valence-electron chi connectivity index (χ1n) is 7.62. The van der Waals surface area contributed by atoms with Gasteiger partial charge >= 0.3 is 0 Å². The molecule has 0 saturated heterocycles. The first-order chi connectivity index (χ1) is 7.89. The molecule has 0 amide bonds. The summed E-state index contributed by atoms with van der Waals surface area (Å²) >= 11 is 0. The van der Waals surface area contributed by atoms with Gasteiger partial charge in [-0.2, -0.15) is 0 Å². The molecule has 0 aliphatic rings. The molecule has 17 heavy (non-hydrogen) atoms. The molecule has 0 rings (SSSR count). The first-order valence-corrected chi connectivity index (χ1v) is 7.62. The molecule has 1 N–H and O–H groups in total. The van der Waals surface area contributed by atoms with E-state index in [1.807, 2.05) is 0 Å². The standard InChI is InChI=1S/C16H35N/c1-7-9-10-11-15(17-8-2)12-14(3)13-16(4,5)6/h14-15,17H,7-13H2,1-6H3. The van der Waals surface area contributed by atoms with Crippen LogP contribution in [0.1, 0.15) is 80.1 Å². The van der Waals surface area contributed by atoms with E-state index in [-0.39, 0.29) is 0 Å². The number of hydrogen-bond donors (Lipinski definition) is 1. The Kier molecular flexibility index (Phi) is 8.94. The second-order valence-corrected chi connectivity index (χ2v) is 6.86. The maximum absolute atomic E-state index is 3.66. The van der Waals surface area contributed by atoms with E-state index in [1.54, 1.807) is 0 Å². The molecule has 0 heterocycles. The van der Waals surface area contributed by atoms with Crippen molar-refractivity contribution >= 4 is 0 Å². The molecule has 0 aromatic rings. The highest BCUT2D eigenvalue weighted by Gasteiger charge is 2.18. The summed E-state index contributed by atoms with van der Waals surface area (Å²) in [4.78, 5) is 0. The summed E-state index contributed by atoms with van der Waals surface area (Å²) < 4.78 is 0. The maximum Gasteiger partial charge on any atom is 0.00694 e. The smallest absolute Gasteiger partial charge is 0.00694 e. The summed E-state index contributed by atoms with van der Waals surface area (Å²) in [5, 5.41) is 3.66. The van der Waals surface area contributed by atoms with Crippen LogP contribution in [0, 0.1) is 11.3 Å². The molecular weight excluding hydrogens is 206 g/mol. The summed E-state index contributed by atoms with van der Waals surface area (Å²) in [5.74, 6) is 0.834. The van der Waals surface area contributed by atoms with Gasteiger partial charge < -0.3 is 5.32 Å². The van der Waals surface area contributed by atoms with Crippen molar-refractivity contribution in [1.29, 1.82) is 0 Å². The van der Waals surface area contributed by atoms with Gasteiger partial charge in [0.15, 0.2) is 0 Å². The van der Waals surface area contributed by atoms with Crippen molar-refractivity contribution in [3.63, 3.8) is 0 Å². The lowest BCUT2D eigenvalue weighted by molar-refractivity contribution is 0.270. The number of hydrogen-bond acceptors (Lipinski definition) is 1. The van der Waals surface area contributed by atoms with Crippen molar-refractivity contribution in [2.75, 3.05) is 6.54 Å². The molecule has 0 radical (unpaired) electrons. The van der Waals surface area contributed by atoms with Gasteiger partial charge in [0.2, 0.25) is 0 Å². The van der Waals surface area contributed by atoms with E-state index in [0.717, 1.165) is 18.5 Å². The van der Waals surface area contributed by atoms with Gasteiger partial charge in [-0.25, -0.2) is 0 Å². The van der Waals surface area contributed by atoms with E-state index in [2.05, 4.69) is 46.9 Å². The van der Waals surface area contributed by atoms with Gasteiger partial charge in [-0.1, -0.05) is 60.8 Å². The first kappa shape index (κ1) is 17.0. The molecule has 0 aromatic heterocycles. The van der Waals surface area contributed by atoms with Crippen LogP contribution in [-0.4, -0.2) is 12.6 Å². The normalized spacial score (nSPS) is 15.9. The molecule has 0 fully saturated rings. The van der Waals surface area contributed by atoms with E-state index in [1.165, 1.54) is 38.5 Å². The number of unbranched alkanes of at least 4 members (excludes halogenated alkanes) is 2. The molecule has 1 nitrogen and oxygen atoms in total. The zero-order valence-corrected chi connectivity index (χ0v) is 13.1. The summed E-state index contributed by atoms with van der Waals surface area (Å²) in [6.07, 6.45) is 8.13. The summed E-state index contributed by atoms with van der Waals surface area (Å²) in [6.45, 7) is 15.1. The minimum atomic E-state index is 0.472. The fraction of sp³-hybridized carbons (Fsp3) is 1.00. The highest BCUT2D eigenvalue weighted by molar-refractivity contribution is 4.73. The van der Waals surface area contributed by atoms with E-state index in [0.29, 0.717) is 5.41 Å². The molecule has 0 saturated carbocycles. The fourth-order valence-electron chi connectivity index (χ4n) is 2.85. The van der Waals surface area contributed by atoms with E-state index in [9.17, 15) is 0 Å². The van der Waals surface area contributed by atoms with Crippen molar-refractivity contribution in [1.82, 2.24) is 5.32 Å². The molecule has 0 bridgehead atoms. The lowest BCUT2D eigenvalue weighted by Crippen LogP contribution is -2.31. The lowest BCUT2D eigenvalue weighted by atomic mass is 9.82. The molecule has 0 aromatic carbocycles. The molecular formula is C16H35N. The van der Waals surface area contributed by atoms with Gasteiger partial charge in [-0.3, -0.25) is 0 Å². The Balaban J connectivity index is 3.96. The van der Waals surface area contributed by atoms with E-state index in [4.69, 9.17) is 0 Å². The monoisotopic (exact) mass is 241 g/mol. The van der Waals surface area contributed by atoms with Crippen LogP contribution in [0.5, 0.6) is 0 Å². The van der Waals surface area contributed by atoms with Crippen molar-refractivity contribution in [3.8, 4) is 0 Å². The van der Waals surface area contributed by atoms with Gasteiger partial charge in [0, 0.05) is 6.04 Å². The predicted molar refractivity (Wildman–Crippen MR) is 79.5 cm³/mol. The third-order valence-corrected chi connectivity index (χ3v) is 3.30. The Hall–Kier alpha value is -0.0400. The molecule has 2 unspecified atom stereocenters. The van der Waals surface area contributed by atoms with Crippen LogP contribution in [0.15, 0.2) is 0 Å². The average Bonchev–Trinajstić information content (AvgIpc) is 2.15. The Morgan fingerprint density at radius 2 is 1.71 bits per heavy atom. The largest absolute Gasteiger partial charge is 0.314 e. The van der Waals surface area contributed by atoms with Crippen LogP contribution in [0.3, 0.4) is 0 Å². The lowest BCUT2D eigenvalue weighted by Gasteiger charge is -2.27. The Morgan fingerprint density at radius 3 is 2.18 bits per heavy atom. The molecule has 0 aliphatic heterocycles. The SMILES string of the molecule is CCCCCC(CC(C)CC(C)(C)C)NCC. The van der Waals surface area contributed by atoms with Gasteiger partial charge in [-0.15, -0.1) is 0 Å². The Morgan fingerprint density at radius 1 is 1.06 bits per heavy atom. The van der Waals surface area contributed by atoms with Crippen LogP contribution in [0.2, 0.25) is 0 Å². The highest BCUT2D eigenvalue weighted by Crippen LogP contribution is 2.27. The minimum Gasteiger partial charge on any atom is -0.314 e. The Bertz CT molecular complexity index is 169. The van der Waals surface area contributed by atoms with Crippen molar-refractivity contribution in [2.45, 2.75) is 86.1 Å². The average molecular weight is 241 g/mol. The zero-order valence-electron chi connectivity index (χ0n) is 13.1. The summed E-state index contributed by atoms with van der Waals surface area (Å²) in [5.41, 5.74) is 0.472. The van der Waals surface area contributed by atoms with Crippen LogP contribution >= 0.6 is 0 Å². The third-order valence-electron chi connectivity index (χ3n) is 3.30. The van der Waals surface area contributed by atoms with E-state index >= 15 is 0 Å². The van der Waals surface area contributed by atoms with Crippen LogP contribution in [0.25, 0.3) is 0 Å². The Labute approximate surface area is 110 Å². The second-order valence-electron chi connectivity index (χ2n) is 6.86. The molecule has 2 atom stereocenters. The van der Waals surface area contributed by atoms with Gasteiger partial charge in [0.25, 0.3) is 0 Å². The van der Waals surface area contributed by atoms with Gasteiger partial charge in [-0.05, 0) is 37.1 Å². The van der Waals surface area contributed by atoms with Crippen molar-refractivity contribution in [2.24, 2.45) is 11.3 Å². The van der Waals surface area contributed by atoms with Gasteiger partial charge in [0.1, 0.15) is 0 Å². The molecule has 1 heteroatoms. The third kappa shape index (κ3) is 10.8. The van der Waals surface area contributed by atoms with Crippen molar-refractivity contribution in [3.05, 3.63) is 0 Å². The second kappa shape index (κ2) is 8.97. The molecule has 104 valence electrons. The summed E-state index contributed by atoms with van der Waals surface area (Å²) in [7, 11) is 0. The predicted octanol–water partition coefficient (Wildman–Crippen LogP) is 5.01. The molecule has 0 aliphatic carbocycles. The highest BCUT2D eigenvalue weighted by atomic mass is 14.9. The topological polar surface area (TPSA) is 12.0 Å². The fourth-order valence-corrected chi connectivity index (χ4v) is 2.85. The summed E-state index contributed by atoms with van der Waals surface area (Å²) in [6, 6.07) is 0.740. The van der Waals surface area contributed by atoms with Crippen LogP contribution in [0.4, 0.5) is 0 Å². The minimum absolute atomic E-state index is 0.472. The van der Waals surface area contributed by atoms with E-state index < -0.39 is 0 Å². The van der Waals surface area contributed by atoms with Crippen LogP contribution < -0.4 is 5.32 Å². The maximum atomic E-state index is 3.66. The van der Waals surface area contributed by atoms with Crippen molar-refractivity contribution < 1.29 is 0 Å². The quantitative estimate of drug-likeness (QED) is 0.560. The van der Waals surface area contributed by atoms with Gasteiger partial charge in [0.05, 0.1) is 0 Å². The zero-order chi connectivity index (χ0) is 13.3. The number of rotatable bonds is 9. The van der Waals surface area contributed by atoms with Crippen LogP contribution in [-0.2, 0) is 0 Å². The molecule has 0 spiro atoms. The number of nitrogens with one attached hydrogen (secondary N) is 1.